The molecule has 0 aromatic rings. The smallest absolute Gasteiger partial charge is 0.222 e. The zero-order chi connectivity index (χ0) is 11.4. The van der Waals surface area contributed by atoms with Crippen molar-refractivity contribution in [3.8, 4) is 0 Å². The van der Waals surface area contributed by atoms with Gasteiger partial charge in [0, 0.05) is 12.5 Å². The molecular formula is C12H21NO3. The van der Waals surface area contributed by atoms with Crippen molar-refractivity contribution in [3.63, 3.8) is 0 Å². The third-order valence-corrected chi connectivity index (χ3v) is 3.27. The minimum atomic E-state index is -0.141. The van der Waals surface area contributed by atoms with E-state index in [0.717, 1.165) is 38.5 Å². The van der Waals surface area contributed by atoms with Crippen molar-refractivity contribution >= 4 is 5.91 Å². The Hall–Kier alpha value is -0.610. The van der Waals surface area contributed by atoms with Crippen LogP contribution in [0.2, 0.25) is 0 Å². The molecule has 0 atom stereocenters. The van der Waals surface area contributed by atoms with Gasteiger partial charge in [-0.1, -0.05) is 0 Å². The lowest BCUT2D eigenvalue weighted by Gasteiger charge is -2.25. The Morgan fingerprint density at radius 1 is 1.19 bits per heavy atom. The molecule has 0 radical (unpaired) electrons. The number of hydrogen-bond acceptors (Lipinski definition) is 3. The first kappa shape index (κ1) is 11.9. The molecule has 2 saturated carbocycles. The van der Waals surface area contributed by atoms with Crippen molar-refractivity contribution < 1.29 is 14.6 Å². The van der Waals surface area contributed by atoms with Crippen LogP contribution >= 0.6 is 0 Å². The van der Waals surface area contributed by atoms with Crippen LogP contribution in [0.1, 0.15) is 44.9 Å². The van der Waals surface area contributed by atoms with E-state index < -0.39 is 0 Å². The van der Waals surface area contributed by atoms with E-state index in [4.69, 9.17) is 4.74 Å². The molecule has 2 fully saturated rings. The van der Waals surface area contributed by atoms with Gasteiger partial charge < -0.3 is 15.2 Å². The van der Waals surface area contributed by atoms with Gasteiger partial charge in [-0.25, -0.2) is 0 Å². The summed E-state index contributed by atoms with van der Waals surface area (Å²) in [6, 6.07) is 0.442. The fraction of sp³-hybridized carbons (Fsp3) is 0.917. The summed E-state index contributed by atoms with van der Waals surface area (Å²) in [5.41, 5.74) is 0. The highest BCUT2D eigenvalue weighted by molar-refractivity contribution is 5.76. The van der Waals surface area contributed by atoms with E-state index in [1.54, 1.807) is 0 Å². The van der Waals surface area contributed by atoms with Crippen LogP contribution in [0.25, 0.3) is 0 Å². The van der Waals surface area contributed by atoms with Crippen molar-refractivity contribution in [2.75, 3.05) is 6.61 Å². The summed E-state index contributed by atoms with van der Waals surface area (Å²) in [6.45, 7) is 0.513. The van der Waals surface area contributed by atoms with E-state index >= 15 is 0 Å². The fourth-order valence-electron chi connectivity index (χ4n) is 2.06. The van der Waals surface area contributed by atoms with Crippen molar-refractivity contribution in [3.05, 3.63) is 0 Å². The van der Waals surface area contributed by atoms with Gasteiger partial charge in [0.25, 0.3) is 0 Å². The van der Waals surface area contributed by atoms with Gasteiger partial charge in [-0.15, -0.1) is 0 Å². The Labute approximate surface area is 96.4 Å². The van der Waals surface area contributed by atoms with Crippen LogP contribution in [0.5, 0.6) is 0 Å². The maximum Gasteiger partial charge on any atom is 0.222 e. The topological polar surface area (TPSA) is 58.6 Å². The van der Waals surface area contributed by atoms with E-state index in [1.807, 2.05) is 0 Å². The molecule has 2 aliphatic rings. The standard InChI is InChI=1S/C12H21NO3/c14-10-3-5-11(6-4-10)16-8-7-12(15)13-9-1-2-9/h9-11,14H,1-8H2,(H,13,15). The molecule has 2 rings (SSSR count). The summed E-state index contributed by atoms with van der Waals surface area (Å²) in [7, 11) is 0. The molecule has 0 aliphatic heterocycles. The van der Waals surface area contributed by atoms with E-state index in [0.29, 0.717) is 19.1 Å². The molecule has 92 valence electrons. The molecule has 16 heavy (non-hydrogen) atoms. The molecule has 4 nitrogen and oxygen atoms in total. The van der Waals surface area contributed by atoms with Gasteiger partial charge in [0.05, 0.1) is 18.8 Å². The third-order valence-electron chi connectivity index (χ3n) is 3.27. The predicted molar refractivity (Wildman–Crippen MR) is 60.0 cm³/mol. The summed E-state index contributed by atoms with van der Waals surface area (Å²) < 4.78 is 5.63. The first-order valence-electron chi connectivity index (χ1n) is 6.33. The summed E-state index contributed by atoms with van der Waals surface area (Å²) in [5, 5.41) is 12.3. The Morgan fingerprint density at radius 2 is 1.88 bits per heavy atom. The van der Waals surface area contributed by atoms with Crippen LogP contribution in [0, 0.1) is 0 Å². The predicted octanol–water partition coefficient (Wildman–Crippen LogP) is 0.975. The van der Waals surface area contributed by atoms with Crippen LogP contribution in [0.15, 0.2) is 0 Å². The Kier molecular flexibility index (Phi) is 4.18. The minimum Gasteiger partial charge on any atom is -0.393 e. The molecule has 0 bridgehead atoms. The number of ether oxygens (including phenoxy) is 1. The van der Waals surface area contributed by atoms with Crippen LogP contribution in [0.3, 0.4) is 0 Å². The molecular weight excluding hydrogens is 206 g/mol. The second-order valence-electron chi connectivity index (χ2n) is 4.89. The van der Waals surface area contributed by atoms with Crippen LogP contribution in [-0.2, 0) is 9.53 Å². The number of aliphatic hydroxyl groups excluding tert-OH is 1. The molecule has 0 spiro atoms. The number of nitrogens with one attached hydrogen (secondary N) is 1. The quantitative estimate of drug-likeness (QED) is 0.736. The molecule has 0 saturated heterocycles. The van der Waals surface area contributed by atoms with E-state index in [9.17, 15) is 9.90 Å². The number of carbonyl (C=O) groups is 1. The number of carbonyl (C=O) groups excluding carboxylic acids is 1. The van der Waals surface area contributed by atoms with Crippen LogP contribution in [-0.4, -0.2) is 35.9 Å². The van der Waals surface area contributed by atoms with Crippen LogP contribution < -0.4 is 5.32 Å². The summed E-state index contributed by atoms with van der Waals surface area (Å²) in [5.74, 6) is 0.110. The fourth-order valence-corrected chi connectivity index (χ4v) is 2.06. The molecule has 0 aromatic carbocycles. The molecule has 0 aromatic heterocycles. The number of amides is 1. The van der Waals surface area contributed by atoms with Crippen molar-refractivity contribution in [2.45, 2.75) is 63.2 Å². The molecule has 1 amide bonds. The van der Waals surface area contributed by atoms with Gasteiger partial charge in [0.1, 0.15) is 0 Å². The monoisotopic (exact) mass is 227 g/mol. The van der Waals surface area contributed by atoms with Crippen molar-refractivity contribution in [2.24, 2.45) is 0 Å². The minimum absolute atomic E-state index is 0.110. The highest BCUT2D eigenvalue weighted by atomic mass is 16.5. The van der Waals surface area contributed by atoms with Gasteiger partial charge in [-0.2, -0.15) is 0 Å². The summed E-state index contributed by atoms with van der Waals surface area (Å²) >= 11 is 0. The van der Waals surface area contributed by atoms with Gasteiger partial charge in [0.2, 0.25) is 5.91 Å². The first-order valence-corrected chi connectivity index (χ1v) is 6.33. The lowest BCUT2D eigenvalue weighted by Crippen LogP contribution is -2.28. The zero-order valence-electron chi connectivity index (χ0n) is 9.65. The number of hydrogen-bond donors (Lipinski definition) is 2. The molecule has 2 aliphatic carbocycles. The first-order chi connectivity index (χ1) is 7.74. The van der Waals surface area contributed by atoms with Crippen molar-refractivity contribution in [1.82, 2.24) is 5.32 Å². The average molecular weight is 227 g/mol. The summed E-state index contributed by atoms with van der Waals surface area (Å²) in [6.07, 6.45) is 6.35. The number of rotatable bonds is 5. The molecule has 2 N–H and O–H groups in total. The van der Waals surface area contributed by atoms with E-state index in [1.165, 1.54) is 0 Å². The second kappa shape index (κ2) is 5.64. The third kappa shape index (κ3) is 4.10. The van der Waals surface area contributed by atoms with E-state index in [2.05, 4.69) is 5.32 Å². The lowest BCUT2D eigenvalue weighted by atomic mass is 9.95. The largest absolute Gasteiger partial charge is 0.393 e. The van der Waals surface area contributed by atoms with Crippen molar-refractivity contribution in [1.29, 1.82) is 0 Å². The zero-order valence-corrected chi connectivity index (χ0v) is 9.65. The Balaban J connectivity index is 1.51. The molecule has 0 unspecified atom stereocenters. The Morgan fingerprint density at radius 3 is 2.50 bits per heavy atom. The van der Waals surface area contributed by atoms with Crippen LogP contribution in [0.4, 0.5) is 0 Å². The maximum absolute atomic E-state index is 11.4. The highest BCUT2D eigenvalue weighted by Gasteiger charge is 2.23. The SMILES string of the molecule is O=C(CCOC1CCC(O)CC1)NC1CC1. The molecule has 4 heteroatoms. The number of aliphatic hydroxyl groups is 1. The summed E-state index contributed by atoms with van der Waals surface area (Å²) in [4.78, 5) is 11.4. The van der Waals surface area contributed by atoms with Gasteiger partial charge in [0.15, 0.2) is 0 Å². The average Bonchev–Trinajstić information content (AvgIpc) is 3.05. The van der Waals surface area contributed by atoms with Gasteiger partial charge in [-0.05, 0) is 38.5 Å². The van der Waals surface area contributed by atoms with Gasteiger partial charge in [-0.3, -0.25) is 4.79 Å². The maximum atomic E-state index is 11.4. The normalized spacial score (nSPS) is 30.1. The van der Waals surface area contributed by atoms with Gasteiger partial charge >= 0.3 is 0 Å². The highest BCUT2D eigenvalue weighted by Crippen LogP contribution is 2.21. The molecule has 0 heterocycles. The Bertz CT molecular complexity index is 232. The van der Waals surface area contributed by atoms with E-state index in [-0.39, 0.29) is 18.1 Å². The second-order valence-corrected chi connectivity index (χ2v) is 4.89. The lowest BCUT2D eigenvalue weighted by molar-refractivity contribution is -0.123.